The van der Waals surface area contributed by atoms with Gasteiger partial charge in [0.05, 0.1) is 12.1 Å². The number of hydrogen-bond donors (Lipinski definition) is 2. The molecular formula is C14H17F3N2O2. The van der Waals surface area contributed by atoms with Crippen molar-refractivity contribution in [2.24, 2.45) is 5.92 Å². The van der Waals surface area contributed by atoms with Crippen LogP contribution in [-0.4, -0.2) is 48.3 Å². The number of benzene rings is 1. The number of para-hydroxylation sites is 1. The summed E-state index contributed by atoms with van der Waals surface area (Å²) in [7, 11) is 0. The van der Waals surface area contributed by atoms with Crippen molar-refractivity contribution in [1.82, 2.24) is 10.2 Å². The van der Waals surface area contributed by atoms with Gasteiger partial charge in [-0.25, -0.2) is 0 Å². The quantitative estimate of drug-likeness (QED) is 0.894. The number of carbonyl (C=O) groups is 1. The maximum Gasteiger partial charge on any atom is 0.401 e. The number of nitrogens with one attached hydrogen (secondary N) is 1. The molecule has 0 saturated carbocycles. The molecule has 1 aromatic rings. The molecule has 1 aliphatic rings. The number of hydrogen-bond acceptors (Lipinski definition) is 3. The number of nitrogens with zero attached hydrogens (tertiary/aromatic N) is 1. The molecule has 1 aromatic carbocycles. The van der Waals surface area contributed by atoms with E-state index in [1.807, 2.05) is 0 Å². The lowest BCUT2D eigenvalue weighted by Gasteiger charge is -2.18. The van der Waals surface area contributed by atoms with Crippen LogP contribution in [0.3, 0.4) is 0 Å². The third-order valence-corrected chi connectivity index (χ3v) is 3.47. The van der Waals surface area contributed by atoms with Gasteiger partial charge in [-0.1, -0.05) is 12.1 Å². The zero-order chi connectivity index (χ0) is 15.5. The monoisotopic (exact) mass is 302 g/mol. The van der Waals surface area contributed by atoms with Crippen molar-refractivity contribution in [1.29, 1.82) is 0 Å². The molecule has 7 heteroatoms. The van der Waals surface area contributed by atoms with E-state index in [-0.39, 0.29) is 17.2 Å². The number of likely N-dealkylation sites (tertiary alicyclic amines) is 1. The Balaban J connectivity index is 1.80. The van der Waals surface area contributed by atoms with E-state index in [9.17, 15) is 23.1 Å². The Kier molecular flexibility index (Phi) is 4.72. The van der Waals surface area contributed by atoms with Crippen LogP contribution in [0, 0.1) is 5.92 Å². The first kappa shape index (κ1) is 15.6. The maximum absolute atomic E-state index is 12.3. The zero-order valence-electron chi connectivity index (χ0n) is 11.4. The lowest BCUT2D eigenvalue weighted by atomic mass is 10.1. The molecular weight excluding hydrogens is 285 g/mol. The van der Waals surface area contributed by atoms with Gasteiger partial charge in [-0.05, 0) is 31.0 Å². The smallest absolute Gasteiger partial charge is 0.401 e. The van der Waals surface area contributed by atoms with Crippen LogP contribution in [0.25, 0.3) is 0 Å². The average molecular weight is 302 g/mol. The lowest BCUT2D eigenvalue weighted by molar-refractivity contribution is -0.143. The number of phenolic OH excluding ortho intramolecular Hbond substituents is 1. The number of halogens is 3. The summed E-state index contributed by atoms with van der Waals surface area (Å²) in [5.74, 6) is -0.523. The Morgan fingerprint density at radius 2 is 2.10 bits per heavy atom. The Bertz CT molecular complexity index is 505. The van der Waals surface area contributed by atoms with Gasteiger partial charge in [0.25, 0.3) is 5.91 Å². The van der Waals surface area contributed by atoms with Crippen LogP contribution in [0.5, 0.6) is 5.75 Å². The summed E-state index contributed by atoms with van der Waals surface area (Å²) in [6.07, 6.45) is -3.56. The van der Waals surface area contributed by atoms with Gasteiger partial charge in [0.2, 0.25) is 0 Å². The van der Waals surface area contributed by atoms with Crippen LogP contribution < -0.4 is 5.32 Å². The van der Waals surface area contributed by atoms with E-state index in [1.165, 1.54) is 17.0 Å². The summed E-state index contributed by atoms with van der Waals surface area (Å²) in [5, 5.41) is 12.2. The third-order valence-electron chi connectivity index (χ3n) is 3.47. The second kappa shape index (κ2) is 6.34. The number of carbonyl (C=O) groups excluding carboxylic acids is 1. The molecule has 0 bridgehead atoms. The van der Waals surface area contributed by atoms with Crippen LogP contribution in [0.1, 0.15) is 16.8 Å². The summed E-state index contributed by atoms with van der Waals surface area (Å²) in [6, 6.07) is 6.15. The van der Waals surface area contributed by atoms with Gasteiger partial charge < -0.3 is 10.4 Å². The highest BCUT2D eigenvalue weighted by Gasteiger charge is 2.34. The molecule has 1 saturated heterocycles. The van der Waals surface area contributed by atoms with Crippen molar-refractivity contribution in [2.75, 3.05) is 26.2 Å². The molecule has 0 unspecified atom stereocenters. The standard InChI is InChI=1S/C14H17F3N2O2/c15-14(16,17)9-19-6-5-10(8-19)7-18-13(21)11-3-1-2-4-12(11)20/h1-4,10,20H,5-9H2,(H,18,21)/t10-/m1/s1. The van der Waals surface area contributed by atoms with Gasteiger partial charge in [0, 0.05) is 13.1 Å². The first-order chi connectivity index (χ1) is 9.85. The molecule has 21 heavy (non-hydrogen) atoms. The van der Waals surface area contributed by atoms with Crippen LogP contribution in [0.15, 0.2) is 24.3 Å². The highest BCUT2D eigenvalue weighted by molar-refractivity contribution is 5.96. The molecule has 1 fully saturated rings. The number of amides is 1. The van der Waals surface area contributed by atoms with Crippen molar-refractivity contribution in [3.8, 4) is 5.75 Å². The van der Waals surface area contributed by atoms with Crippen LogP contribution in [0.2, 0.25) is 0 Å². The topological polar surface area (TPSA) is 52.6 Å². The number of rotatable bonds is 4. The van der Waals surface area contributed by atoms with Gasteiger partial charge in [-0.2, -0.15) is 13.2 Å². The largest absolute Gasteiger partial charge is 0.507 e. The van der Waals surface area contributed by atoms with Crippen LogP contribution in [0.4, 0.5) is 13.2 Å². The summed E-state index contributed by atoms with van der Waals surface area (Å²) in [5.41, 5.74) is 0.169. The van der Waals surface area contributed by atoms with Crippen molar-refractivity contribution >= 4 is 5.91 Å². The van der Waals surface area contributed by atoms with E-state index < -0.39 is 18.6 Å². The lowest BCUT2D eigenvalue weighted by Crippen LogP contribution is -2.34. The highest BCUT2D eigenvalue weighted by Crippen LogP contribution is 2.22. The van der Waals surface area contributed by atoms with Gasteiger partial charge in [0.15, 0.2) is 0 Å². The minimum atomic E-state index is -4.19. The molecule has 0 aromatic heterocycles. The van der Waals surface area contributed by atoms with E-state index in [0.29, 0.717) is 26.1 Å². The molecule has 1 amide bonds. The van der Waals surface area contributed by atoms with Gasteiger partial charge in [0.1, 0.15) is 5.75 Å². The van der Waals surface area contributed by atoms with E-state index in [4.69, 9.17) is 0 Å². The molecule has 1 aliphatic heterocycles. The normalized spacial score (nSPS) is 19.7. The fourth-order valence-electron chi connectivity index (χ4n) is 2.47. The van der Waals surface area contributed by atoms with E-state index in [1.54, 1.807) is 12.1 Å². The molecule has 2 rings (SSSR count). The van der Waals surface area contributed by atoms with E-state index >= 15 is 0 Å². The summed E-state index contributed by atoms with van der Waals surface area (Å²) < 4.78 is 36.8. The zero-order valence-corrected chi connectivity index (χ0v) is 11.4. The molecule has 0 radical (unpaired) electrons. The first-order valence-electron chi connectivity index (χ1n) is 6.70. The fourth-order valence-corrected chi connectivity index (χ4v) is 2.47. The minimum absolute atomic E-state index is 0.00200. The Morgan fingerprint density at radius 1 is 1.38 bits per heavy atom. The molecule has 1 atom stereocenters. The molecule has 4 nitrogen and oxygen atoms in total. The predicted octanol–water partition coefficient (Wildman–Crippen LogP) is 2.01. The average Bonchev–Trinajstić information content (AvgIpc) is 2.82. The highest BCUT2D eigenvalue weighted by atomic mass is 19.4. The molecule has 2 N–H and O–H groups in total. The second-order valence-corrected chi connectivity index (χ2v) is 5.23. The van der Waals surface area contributed by atoms with Crippen LogP contribution in [-0.2, 0) is 0 Å². The molecule has 1 heterocycles. The van der Waals surface area contributed by atoms with Crippen molar-refractivity contribution in [3.63, 3.8) is 0 Å². The third kappa shape index (κ3) is 4.63. The molecule has 116 valence electrons. The fraction of sp³-hybridized carbons (Fsp3) is 0.500. The van der Waals surface area contributed by atoms with E-state index in [0.717, 1.165) is 0 Å². The predicted molar refractivity (Wildman–Crippen MR) is 71.0 cm³/mol. The maximum atomic E-state index is 12.3. The first-order valence-corrected chi connectivity index (χ1v) is 6.70. The summed E-state index contributed by atoms with van der Waals surface area (Å²) in [4.78, 5) is 13.2. The number of aromatic hydroxyl groups is 1. The second-order valence-electron chi connectivity index (χ2n) is 5.23. The van der Waals surface area contributed by atoms with Crippen LogP contribution >= 0.6 is 0 Å². The Labute approximate surface area is 120 Å². The van der Waals surface area contributed by atoms with Gasteiger partial charge in [-0.15, -0.1) is 0 Å². The Hall–Kier alpha value is -1.76. The van der Waals surface area contributed by atoms with Gasteiger partial charge >= 0.3 is 6.18 Å². The van der Waals surface area contributed by atoms with Crippen molar-refractivity contribution < 1.29 is 23.1 Å². The number of phenols is 1. The SMILES string of the molecule is O=C(NC[C@H]1CCN(CC(F)(F)F)C1)c1ccccc1O. The van der Waals surface area contributed by atoms with E-state index in [2.05, 4.69) is 5.32 Å². The van der Waals surface area contributed by atoms with Crippen molar-refractivity contribution in [3.05, 3.63) is 29.8 Å². The summed E-state index contributed by atoms with van der Waals surface area (Å²) >= 11 is 0. The molecule has 0 aliphatic carbocycles. The number of alkyl halides is 3. The van der Waals surface area contributed by atoms with Crippen molar-refractivity contribution in [2.45, 2.75) is 12.6 Å². The van der Waals surface area contributed by atoms with Gasteiger partial charge in [-0.3, -0.25) is 9.69 Å². The molecule has 0 spiro atoms. The summed E-state index contributed by atoms with van der Waals surface area (Å²) in [6.45, 7) is 0.107. The Morgan fingerprint density at radius 3 is 2.76 bits per heavy atom. The minimum Gasteiger partial charge on any atom is -0.507 e.